The number of rotatable bonds is 4. The number of nitrogens with one attached hydrogen (secondary N) is 1. The lowest BCUT2D eigenvalue weighted by Gasteiger charge is -2.04. The van der Waals surface area contributed by atoms with E-state index < -0.39 is 10.8 Å². The molecule has 3 aromatic rings. The first-order chi connectivity index (χ1) is 11.5. The first-order valence-corrected chi connectivity index (χ1v) is 7.65. The average molecular weight is 345 g/mol. The number of aryl methyl sites for hydroxylation is 2. The third kappa shape index (κ3) is 2.99. The molecule has 9 nitrogen and oxygen atoms in total. The van der Waals surface area contributed by atoms with E-state index in [-0.39, 0.29) is 17.1 Å². The van der Waals surface area contributed by atoms with E-state index in [1.807, 2.05) is 12.3 Å². The zero-order valence-corrected chi connectivity index (χ0v) is 13.5. The molecule has 1 amide bonds. The van der Waals surface area contributed by atoms with Crippen LogP contribution in [0.2, 0.25) is 0 Å². The second-order valence-electron chi connectivity index (χ2n) is 4.97. The fourth-order valence-corrected chi connectivity index (χ4v) is 2.83. The number of carbonyl (C=O) groups is 1. The standard InChI is InChI=1S/C14H11N5O4S/c1-7-5-9(3-4-10(7)19(21)22)13(20)16-12-11(17-23-18-12)14-15-8(2)6-24-14/h3-6H,1-2H3,(H,16,18,20). The Balaban J connectivity index is 1.85. The molecule has 1 N–H and O–H groups in total. The van der Waals surface area contributed by atoms with Gasteiger partial charge in [0.1, 0.15) is 5.01 Å². The van der Waals surface area contributed by atoms with Gasteiger partial charge >= 0.3 is 0 Å². The number of hydrogen-bond donors (Lipinski definition) is 1. The molecule has 0 aliphatic heterocycles. The van der Waals surface area contributed by atoms with Crippen molar-refractivity contribution >= 4 is 28.7 Å². The first-order valence-electron chi connectivity index (χ1n) is 6.77. The number of amides is 1. The van der Waals surface area contributed by atoms with Crippen molar-refractivity contribution in [3.8, 4) is 10.7 Å². The summed E-state index contributed by atoms with van der Waals surface area (Å²) in [5.41, 5.74) is 1.76. The Bertz CT molecular complexity index is 933. The monoisotopic (exact) mass is 345 g/mol. The van der Waals surface area contributed by atoms with Crippen LogP contribution in [0.4, 0.5) is 11.5 Å². The number of nitrogens with zero attached hydrogens (tertiary/aromatic N) is 4. The summed E-state index contributed by atoms with van der Waals surface area (Å²) in [4.78, 5) is 26.9. The Morgan fingerprint density at radius 1 is 1.33 bits per heavy atom. The molecule has 0 atom stereocenters. The van der Waals surface area contributed by atoms with Gasteiger partial charge in [-0.1, -0.05) is 0 Å². The molecule has 3 rings (SSSR count). The summed E-state index contributed by atoms with van der Waals surface area (Å²) >= 11 is 1.35. The van der Waals surface area contributed by atoms with E-state index in [2.05, 4.69) is 25.2 Å². The predicted octanol–water partition coefficient (Wildman–Crippen LogP) is 2.97. The number of nitro benzene ring substituents is 1. The lowest BCUT2D eigenvalue weighted by molar-refractivity contribution is -0.385. The molecule has 0 spiro atoms. The Kier molecular flexibility index (Phi) is 4.04. The second-order valence-corrected chi connectivity index (χ2v) is 5.83. The van der Waals surface area contributed by atoms with Gasteiger partial charge in [-0.15, -0.1) is 11.3 Å². The van der Waals surface area contributed by atoms with Crippen molar-refractivity contribution in [2.45, 2.75) is 13.8 Å². The van der Waals surface area contributed by atoms with E-state index in [4.69, 9.17) is 0 Å². The molecule has 1 aromatic carbocycles. The minimum atomic E-state index is -0.499. The fraction of sp³-hybridized carbons (Fsp3) is 0.143. The summed E-state index contributed by atoms with van der Waals surface area (Å²) in [6, 6.07) is 4.10. The van der Waals surface area contributed by atoms with Gasteiger partial charge in [-0.25, -0.2) is 9.61 Å². The van der Waals surface area contributed by atoms with Gasteiger partial charge in [-0.2, -0.15) is 0 Å². The minimum Gasteiger partial charge on any atom is -0.302 e. The molecular formula is C14H11N5O4S. The van der Waals surface area contributed by atoms with Crippen LogP contribution in [-0.2, 0) is 0 Å². The maximum absolute atomic E-state index is 12.3. The molecule has 0 saturated heterocycles. The molecule has 24 heavy (non-hydrogen) atoms. The van der Waals surface area contributed by atoms with E-state index in [1.165, 1.54) is 29.5 Å². The van der Waals surface area contributed by atoms with Gasteiger partial charge in [0, 0.05) is 28.3 Å². The number of aromatic nitrogens is 3. The summed E-state index contributed by atoms with van der Waals surface area (Å²) in [5.74, 6) is -0.330. The number of nitro groups is 1. The van der Waals surface area contributed by atoms with Crippen LogP contribution >= 0.6 is 11.3 Å². The van der Waals surface area contributed by atoms with E-state index in [0.29, 0.717) is 16.3 Å². The van der Waals surface area contributed by atoms with Crippen molar-refractivity contribution < 1.29 is 14.3 Å². The van der Waals surface area contributed by atoms with Crippen molar-refractivity contribution in [1.29, 1.82) is 0 Å². The summed E-state index contributed by atoms with van der Waals surface area (Å²) in [7, 11) is 0. The van der Waals surface area contributed by atoms with Crippen molar-refractivity contribution in [2.24, 2.45) is 0 Å². The fourth-order valence-electron chi connectivity index (χ4n) is 2.05. The molecule has 0 fully saturated rings. The highest BCUT2D eigenvalue weighted by atomic mass is 32.1. The highest BCUT2D eigenvalue weighted by Gasteiger charge is 2.19. The van der Waals surface area contributed by atoms with Crippen LogP contribution in [0, 0.1) is 24.0 Å². The van der Waals surface area contributed by atoms with Gasteiger partial charge in [-0.3, -0.25) is 14.9 Å². The third-order valence-corrected chi connectivity index (χ3v) is 4.16. The summed E-state index contributed by atoms with van der Waals surface area (Å²) in [6.07, 6.45) is 0. The molecular weight excluding hydrogens is 334 g/mol. The van der Waals surface area contributed by atoms with Gasteiger partial charge in [0.25, 0.3) is 11.6 Å². The van der Waals surface area contributed by atoms with Crippen molar-refractivity contribution in [3.63, 3.8) is 0 Å². The van der Waals surface area contributed by atoms with Crippen LogP contribution < -0.4 is 5.32 Å². The van der Waals surface area contributed by atoms with E-state index in [9.17, 15) is 14.9 Å². The van der Waals surface area contributed by atoms with Crippen LogP contribution in [-0.4, -0.2) is 26.1 Å². The summed E-state index contributed by atoms with van der Waals surface area (Å²) in [5, 5.41) is 23.3. The third-order valence-electron chi connectivity index (χ3n) is 3.20. The summed E-state index contributed by atoms with van der Waals surface area (Å²) < 4.78 is 4.68. The van der Waals surface area contributed by atoms with Gasteiger partial charge in [0.2, 0.25) is 5.82 Å². The molecule has 0 unspecified atom stereocenters. The van der Waals surface area contributed by atoms with Crippen LogP contribution in [0.5, 0.6) is 0 Å². The van der Waals surface area contributed by atoms with Crippen LogP contribution in [0.25, 0.3) is 10.7 Å². The number of benzene rings is 1. The molecule has 10 heteroatoms. The van der Waals surface area contributed by atoms with Gasteiger partial charge in [-0.05, 0) is 36.3 Å². The lowest BCUT2D eigenvalue weighted by Crippen LogP contribution is -2.13. The number of thiazole rings is 1. The SMILES string of the molecule is Cc1csc(-c2nonc2NC(=O)c2ccc([N+](=O)[O-])c(C)c2)n1. The molecule has 0 aliphatic rings. The molecule has 0 radical (unpaired) electrons. The van der Waals surface area contributed by atoms with Gasteiger partial charge < -0.3 is 5.32 Å². The Morgan fingerprint density at radius 2 is 2.12 bits per heavy atom. The largest absolute Gasteiger partial charge is 0.302 e. The number of hydrogen-bond acceptors (Lipinski definition) is 8. The Hall–Kier alpha value is -3.14. The van der Waals surface area contributed by atoms with Crippen molar-refractivity contribution in [2.75, 3.05) is 5.32 Å². The summed E-state index contributed by atoms with van der Waals surface area (Å²) in [6.45, 7) is 3.40. The van der Waals surface area contributed by atoms with Crippen LogP contribution in [0.1, 0.15) is 21.6 Å². The van der Waals surface area contributed by atoms with Crippen molar-refractivity contribution in [3.05, 3.63) is 50.5 Å². The normalized spacial score (nSPS) is 10.6. The Labute approximate surface area is 139 Å². The molecule has 0 aliphatic carbocycles. The van der Waals surface area contributed by atoms with E-state index >= 15 is 0 Å². The zero-order valence-electron chi connectivity index (χ0n) is 12.6. The first kappa shape index (κ1) is 15.7. The molecule has 0 bridgehead atoms. The predicted molar refractivity (Wildman–Crippen MR) is 85.9 cm³/mol. The average Bonchev–Trinajstić information content (AvgIpc) is 3.15. The highest BCUT2D eigenvalue weighted by molar-refractivity contribution is 7.13. The molecule has 2 aromatic heterocycles. The van der Waals surface area contributed by atoms with Gasteiger partial charge in [0.15, 0.2) is 5.69 Å². The van der Waals surface area contributed by atoms with Gasteiger partial charge in [0.05, 0.1) is 4.92 Å². The molecule has 0 saturated carbocycles. The lowest BCUT2D eigenvalue weighted by atomic mass is 10.1. The maximum Gasteiger partial charge on any atom is 0.272 e. The van der Waals surface area contributed by atoms with Crippen LogP contribution in [0.3, 0.4) is 0 Å². The maximum atomic E-state index is 12.3. The minimum absolute atomic E-state index is 0.0476. The molecule has 122 valence electrons. The number of anilines is 1. The second kappa shape index (κ2) is 6.16. The highest BCUT2D eigenvalue weighted by Crippen LogP contribution is 2.28. The smallest absolute Gasteiger partial charge is 0.272 e. The topological polar surface area (TPSA) is 124 Å². The number of carbonyl (C=O) groups excluding carboxylic acids is 1. The van der Waals surface area contributed by atoms with E-state index in [0.717, 1.165) is 5.69 Å². The van der Waals surface area contributed by atoms with E-state index in [1.54, 1.807) is 6.92 Å². The van der Waals surface area contributed by atoms with Crippen molar-refractivity contribution in [1.82, 2.24) is 15.3 Å². The molecule has 2 heterocycles. The van der Waals surface area contributed by atoms with Crippen LogP contribution in [0.15, 0.2) is 28.2 Å². The quantitative estimate of drug-likeness (QED) is 0.569. The Morgan fingerprint density at radius 3 is 2.75 bits per heavy atom. The zero-order chi connectivity index (χ0) is 17.3.